The molecule has 2 amide bonds. The second-order valence-electron chi connectivity index (χ2n) is 4.61. The van der Waals surface area contributed by atoms with E-state index < -0.39 is 24.0 Å². The van der Waals surface area contributed by atoms with Crippen molar-refractivity contribution in [3.05, 3.63) is 35.4 Å². The number of rotatable bonds is 6. The van der Waals surface area contributed by atoms with Crippen LogP contribution in [0.4, 0.5) is 0 Å². The minimum absolute atomic E-state index is 0.390. The summed E-state index contributed by atoms with van der Waals surface area (Å²) >= 11 is 0. The van der Waals surface area contributed by atoms with E-state index in [1.54, 1.807) is 12.1 Å². The molecule has 1 rings (SSSR count). The van der Waals surface area contributed by atoms with Crippen LogP contribution in [-0.2, 0) is 11.2 Å². The van der Waals surface area contributed by atoms with Gasteiger partial charge in [0.15, 0.2) is 0 Å². The van der Waals surface area contributed by atoms with Crippen molar-refractivity contribution < 1.29 is 19.9 Å². The Labute approximate surface area is 117 Å². The van der Waals surface area contributed by atoms with Gasteiger partial charge in [0, 0.05) is 5.56 Å². The molecule has 0 saturated heterocycles. The minimum atomic E-state index is -1.21. The highest BCUT2D eigenvalue weighted by molar-refractivity contribution is 5.97. The summed E-state index contributed by atoms with van der Waals surface area (Å²) in [6.45, 7) is 3.42. The number of hydrogen-bond donors (Lipinski definition) is 4. The van der Waals surface area contributed by atoms with Gasteiger partial charge < -0.3 is 10.4 Å². The molecule has 0 aliphatic carbocycles. The quantitative estimate of drug-likeness (QED) is 0.453. The first-order valence-electron chi connectivity index (χ1n) is 6.51. The molecule has 0 fully saturated rings. The maximum atomic E-state index is 12.0. The van der Waals surface area contributed by atoms with E-state index in [2.05, 4.69) is 12.2 Å². The monoisotopic (exact) mass is 280 g/mol. The van der Waals surface area contributed by atoms with Crippen LogP contribution < -0.4 is 10.8 Å². The summed E-state index contributed by atoms with van der Waals surface area (Å²) in [7, 11) is 0. The molecule has 4 N–H and O–H groups in total. The Balaban J connectivity index is 2.76. The second-order valence-corrected chi connectivity index (χ2v) is 4.61. The number of amides is 2. The van der Waals surface area contributed by atoms with Crippen molar-refractivity contribution in [2.45, 2.75) is 38.8 Å². The Morgan fingerprint density at radius 1 is 1.25 bits per heavy atom. The van der Waals surface area contributed by atoms with Crippen LogP contribution in [0.5, 0.6) is 0 Å². The van der Waals surface area contributed by atoms with Gasteiger partial charge in [-0.3, -0.25) is 14.8 Å². The summed E-state index contributed by atoms with van der Waals surface area (Å²) in [5.74, 6) is -1.35. The molecule has 6 heteroatoms. The smallest absolute Gasteiger partial charge is 0.268 e. The van der Waals surface area contributed by atoms with Crippen LogP contribution in [0.15, 0.2) is 24.3 Å². The first-order chi connectivity index (χ1) is 9.49. The van der Waals surface area contributed by atoms with E-state index in [1.807, 2.05) is 12.1 Å². The molecule has 20 heavy (non-hydrogen) atoms. The molecule has 0 radical (unpaired) electrons. The van der Waals surface area contributed by atoms with Crippen molar-refractivity contribution in [2.24, 2.45) is 0 Å². The van der Waals surface area contributed by atoms with E-state index in [1.165, 1.54) is 12.4 Å². The minimum Gasteiger partial charge on any atom is -0.391 e. The molecule has 1 aromatic rings. The maximum absolute atomic E-state index is 12.0. The molecule has 0 aliphatic heterocycles. The summed E-state index contributed by atoms with van der Waals surface area (Å²) in [4.78, 5) is 23.3. The lowest BCUT2D eigenvalue weighted by atomic mass is 10.1. The molecule has 2 atom stereocenters. The van der Waals surface area contributed by atoms with Crippen molar-refractivity contribution in [3.63, 3.8) is 0 Å². The van der Waals surface area contributed by atoms with Crippen LogP contribution in [0.25, 0.3) is 0 Å². The lowest BCUT2D eigenvalue weighted by molar-refractivity contribution is -0.133. The molecule has 0 saturated carbocycles. The number of nitrogens with one attached hydrogen (secondary N) is 2. The fourth-order valence-corrected chi connectivity index (χ4v) is 1.81. The lowest BCUT2D eigenvalue weighted by Gasteiger charge is -2.19. The van der Waals surface area contributed by atoms with Crippen molar-refractivity contribution >= 4 is 11.8 Å². The van der Waals surface area contributed by atoms with Gasteiger partial charge in [0.1, 0.15) is 6.04 Å². The SMILES string of the molecule is CCCc1ccc(C(=O)N[C@H](C(=O)NO)[C@@H](C)O)cc1. The predicted octanol–water partition coefficient (Wildman–Crippen LogP) is 0.624. The largest absolute Gasteiger partial charge is 0.391 e. The summed E-state index contributed by atoms with van der Waals surface area (Å²) < 4.78 is 0. The van der Waals surface area contributed by atoms with E-state index in [-0.39, 0.29) is 0 Å². The summed E-state index contributed by atoms with van der Waals surface area (Å²) in [5, 5.41) is 20.4. The van der Waals surface area contributed by atoms with Crippen LogP contribution in [0.3, 0.4) is 0 Å². The highest BCUT2D eigenvalue weighted by Crippen LogP contribution is 2.07. The molecular formula is C14H20N2O4. The van der Waals surface area contributed by atoms with Gasteiger partial charge >= 0.3 is 0 Å². The first-order valence-corrected chi connectivity index (χ1v) is 6.51. The third-order valence-electron chi connectivity index (χ3n) is 2.92. The molecule has 1 aromatic carbocycles. The van der Waals surface area contributed by atoms with E-state index >= 15 is 0 Å². The topological polar surface area (TPSA) is 98.7 Å². The van der Waals surface area contributed by atoms with Gasteiger partial charge in [-0.05, 0) is 31.0 Å². The van der Waals surface area contributed by atoms with Crippen molar-refractivity contribution in [2.75, 3.05) is 0 Å². The number of hydrogen-bond acceptors (Lipinski definition) is 4. The van der Waals surface area contributed by atoms with Gasteiger partial charge in [0.05, 0.1) is 6.10 Å². The van der Waals surface area contributed by atoms with Gasteiger partial charge in [0.25, 0.3) is 11.8 Å². The number of aliphatic hydroxyl groups is 1. The van der Waals surface area contributed by atoms with Gasteiger partial charge in [-0.2, -0.15) is 0 Å². The van der Waals surface area contributed by atoms with Gasteiger partial charge in [-0.15, -0.1) is 0 Å². The number of aliphatic hydroxyl groups excluding tert-OH is 1. The number of carbonyl (C=O) groups is 2. The summed E-state index contributed by atoms with van der Waals surface area (Å²) in [5.41, 5.74) is 2.93. The number of hydroxylamine groups is 1. The summed E-state index contributed by atoms with van der Waals surface area (Å²) in [6.07, 6.45) is 0.836. The first kappa shape index (κ1) is 16.1. The molecule has 0 unspecified atom stereocenters. The van der Waals surface area contributed by atoms with Crippen molar-refractivity contribution in [1.82, 2.24) is 10.8 Å². The molecule has 6 nitrogen and oxygen atoms in total. The van der Waals surface area contributed by atoms with Gasteiger partial charge in [-0.1, -0.05) is 25.5 Å². The van der Waals surface area contributed by atoms with E-state index in [9.17, 15) is 14.7 Å². The van der Waals surface area contributed by atoms with E-state index in [4.69, 9.17) is 5.21 Å². The molecule has 0 aliphatic rings. The third-order valence-corrected chi connectivity index (χ3v) is 2.92. The van der Waals surface area contributed by atoms with Crippen LogP contribution in [0.1, 0.15) is 36.2 Å². The fraction of sp³-hybridized carbons (Fsp3) is 0.429. The zero-order chi connectivity index (χ0) is 15.1. The molecule has 0 aromatic heterocycles. The van der Waals surface area contributed by atoms with E-state index in [0.717, 1.165) is 18.4 Å². The van der Waals surface area contributed by atoms with Crippen LogP contribution in [0, 0.1) is 0 Å². The normalized spacial score (nSPS) is 13.4. The Bertz CT molecular complexity index is 457. The van der Waals surface area contributed by atoms with Crippen molar-refractivity contribution in [3.8, 4) is 0 Å². The Kier molecular flexibility index (Phi) is 6.14. The average molecular weight is 280 g/mol. The molecule has 0 spiro atoms. The van der Waals surface area contributed by atoms with Gasteiger partial charge in [0.2, 0.25) is 0 Å². The average Bonchev–Trinajstić information content (AvgIpc) is 2.44. The maximum Gasteiger partial charge on any atom is 0.268 e. The van der Waals surface area contributed by atoms with Crippen LogP contribution in [0.2, 0.25) is 0 Å². The van der Waals surface area contributed by atoms with Crippen LogP contribution in [-0.4, -0.2) is 34.3 Å². The Morgan fingerprint density at radius 3 is 2.30 bits per heavy atom. The number of aryl methyl sites for hydroxylation is 1. The summed E-state index contributed by atoms with van der Waals surface area (Å²) in [6, 6.07) is 5.82. The molecule has 110 valence electrons. The van der Waals surface area contributed by atoms with E-state index in [0.29, 0.717) is 5.56 Å². The zero-order valence-electron chi connectivity index (χ0n) is 11.6. The molecule has 0 heterocycles. The number of carbonyl (C=O) groups excluding carboxylic acids is 2. The van der Waals surface area contributed by atoms with Crippen molar-refractivity contribution in [1.29, 1.82) is 0 Å². The predicted molar refractivity (Wildman–Crippen MR) is 73.3 cm³/mol. The Morgan fingerprint density at radius 2 is 1.85 bits per heavy atom. The highest BCUT2D eigenvalue weighted by Gasteiger charge is 2.25. The highest BCUT2D eigenvalue weighted by atomic mass is 16.5. The second kappa shape index (κ2) is 7.62. The standard InChI is InChI=1S/C14H20N2O4/c1-3-4-10-5-7-11(8-6-10)13(18)15-12(9(2)17)14(19)16-20/h5-9,12,17,20H,3-4H2,1-2H3,(H,15,18)(H,16,19)/t9-,12+/m1/s1. The van der Waals surface area contributed by atoms with Gasteiger partial charge in [-0.25, -0.2) is 5.48 Å². The third kappa shape index (κ3) is 4.32. The Hall–Kier alpha value is -1.92. The number of benzene rings is 1. The lowest BCUT2D eigenvalue weighted by Crippen LogP contribution is -2.51. The van der Waals surface area contributed by atoms with Crippen LogP contribution >= 0.6 is 0 Å². The molecule has 0 bridgehead atoms. The molecular weight excluding hydrogens is 260 g/mol. The fourth-order valence-electron chi connectivity index (χ4n) is 1.81. The zero-order valence-corrected chi connectivity index (χ0v) is 11.6.